The lowest BCUT2D eigenvalue weighted by Crippen LogP contribution is -2.23. The van der Waals surface area contributed by atoms with Crippen molar-refractivity contribution in [1.82, 2.24) is 0 Å². The number of aliphatic hydroxyl groups is 3. The van der Waals surface area contributed by atoms with Crippen LogP contribution in [0.4, 0.5) is 0 Å². The molecule has 0 heterocycles. The van der Waals surface area contributed by atoms with Gasteiger partial charge in [-0.1, -0.05) is 74.8 Å². The Morgan fingerprint density at radius 3 is 2.30 bits per heavy atom. The molecule has 0 aliphatic carbocycles. The predicted molar refractivity (Wildman–Crippen MR) is 109 cm³/mol. The Bertz CT molecular complexity index is 503. The van der Waals surface area contributed by atoms with E-state index in [4.69, 9.17) is 0 Å². The highest BCUT2D eigenvalue weighted by molar-refractivity contribution is 5.68. The lowest BCUT2D eigenvalue weighted by Gasteiger charge is -2.18. The van der Waals surface area contributed by atoms with Gasteiger partial charge >= 0.3 is 5.97 Å². The van der Waals surface area contributed by atoms with Crippen LogP contribution in [-0.2, 0) is 9.53 Å². The average Bonchev–Trinajstić information content (AvgIpc) is 2.63. The first-order valence-corrected chi connectivity index (χ1v) is 9.67. The normalized spacial score (nSPS) is 17.1. The van der Waals surface area contributed by atoms with Crippen LogP contribution in [0.25, 0.3) is 0 Å². The van der Waals surface area contributed by atoms with Crippen LogP contribution < -0.4 is 0 Å². The summed E-state index contributed by atoms with van der Waals surface area (Å²) in [5, 5.41) is 29.8. The van der Waals surface area contributed by atoms with E-state index in [1.165, 1.54) is 13.2 Å². The van der Waals surface area contributed by atoms with Crippen LogP contribution in [0.2, 0.25) is 0 Å². The molecule has 5 heteroatoms. The molecule has 0 aromatic rings. The quantitative estimate of drug-likeness (QED) is 0.243. The van der Waals surface area contributed by atoms with E-state index >= 15 is 0 Å². The molecule has 0 aliphatic heterocycles. The topological polar surface area (TPSA) is 87.0 Å². The molecule has 0 saturated carbocycles. The van der Waals surface area contributed by atoms with Gasteiger partial charge in [0.25, 0.3) is 0 Å². The molecule has 3 N–H and O–H groups in total. The number of aliphatic hydroxyl groups excluding tert-OH is 2. The van der Waals surface area contributed by atoms with E-state index in [0.717, 1.165) is 25.7 Å². The fraction of sp³-hybridized carbons (Fsp3) is 0.591. The summed E-state index contributed by atoms with van der Waals surface area (Å²) in [6.07, 6.45) is 17.1. The summed E-state index contributed by atoms with van der Waals surface area (Å²) in [7, 11) is 1.32. The molecule has 0 aromatic heterocycles. The average molecular weight is 381 g/mol. The number of carbonyl (C=O) groups excluding carboxylic acids is 1. The highest BCUT2D eigenvalue weighted by atomic mass is 16.5. The number of unbranched alkanes of at least 4 members (excludes halogenated alkanes) is 2. The lowest BCUT2D eigenvalue weighted by molar-refractivity contribution is -0.140. The molecular formula is C22H36O5. The van der Waals surface area contributed by atoms with E-state index in [0.29, 0.717) is 12.8 Å². The van der Waals surface area contributed by atoms with Crippen LogP contribution in [-0.4, -0.2) is 46.2 Å². The summed E-state index contributed by atoms with van der Waals surface area (Å²) in [6, 6.07) is 0. The summed E-state index contributed by atoms with van der Waals surface area (Å²) in [5.41, 5.74) is -0.781. The molecule has 0 amide bonds. The third-order valence-corrected chi connectivity index (χ3v) is 4.11. The molecule has 0 rings (SSSR count). The van der Waals surface area contributed by atoms with E-state index in [9.17, 15) is 20.1 Å². The SMILES string of the molecule is CCCCC[C@@](C)(O)/C=C/C=C\C=C\C=C\[C@@H](O)[C@@H](O)CCCC(=O)OC. The standard InChI is InChI=1S/C22H36O5/c1-4-5-11-17-22(2,26)18-12-9-7-6-8-10-14-19(23)20(24)15-13-16-21(25)27-3/h6-10,12,14,18-20,23-24,26H,4-5,11,13,15-17H2,1-3H3/b8-6+,9-7-,14-10+,18-12+/t19-,20+,22-/m1/s1. The molecule has 0 aliphatic rings. The molecule has 0 unspecified atom stereocenters. The number of hydrogen-bond acceptors (Lipinski definition) is 5. The molecular weight excluding hydrogens is 344 g/mol. The number of rotatable bonds is 14. The maximum Gasteiger partial charge on any atom is 0.305 e. The molecule has 3 atom stereocenters. The van der Waals surface area contributed by atoms with Crippen molar-refractivity contribution >= 4 is 5.97 Å². The van der Waals surface area contributed by atoms with Gasteiger partial charge in [0.15, 0.2) is 0 Å². The van der Waals surface area contributed by atoms with Crippen molar-refractivity contribution in [3.05, 3.63) is 48.6 Å². The highest BCUT2D eigenvalue weighted by Gasteiger charge is 2.14. The van der Waals surface area contributed by atoms with Crippen molar-refractivity contribution in [3.8, 4) is 0 Å². The molecule has 0 bridgehead atoms. The van der Waals surface area contributed by atoms with Crippen LogP contribution in [0, 0.1) is 0 Å². The number of methoxy groups -OCH3 is 1. The van der Waals surface area contributed by atoms with Crippen molar-refractivity contribution in [2.45, 2.75) is 76.6 Å². The fourth-order valence-electron chi connectivity index (χ4n) is 2.37. The molecule has 154 valence electrons. The molecule has 0 radical (unpaired) electrons. The molecule has 27 heavy (non-hydrogen) atoms. The number of allylic oxidation sites excluding steroid dienone is 6. The first-order chi connectivity index (χ1) is 12.8. The van der Waals surface area contributed by atoms with Gasteiger partial charge in [0.1, 0.15) is 0 Å². The Morgan fingerprint density at radius 1 is 1.04 bits per heavy atom. The van der Waals surface area contributed by atoms with Crippen molar-refractivity contribution < 1.29 is 24.9 Å². The zero-order valence-electron chi connectivity index (χ0n) is 16.9. The van der Waals surface area contributed by atoms with Gasteiger partial charge in [0.2, 0.25) is 0 Å². The maximum atomic E-state index is 11.0. The van der Waals surface area contributed by atoms with Gasteiger partial charge in [-0.05, 0) is 26.2 Å². The van der Waals surface area contributed by atoms with E-state index < -0.39 is 17.8 Å². The van der Waals surface area contributed by atoms with Gasteiger partial charge in [-0.15, -0.1) is 0 Å². The van der Waals surface area contributed by atoms with Gasteiger partial charge in [-0.3, -0.25) is 4.79 Å². The number of carbonyl (C=O) groups is 1. The van der Waals surface area contributed by atoms with Gasteiger partial charge in [-0.2, -0.15) is 0 Å². The van der Waals surface area contributed by atoms with Crippen molar-refractivity contribution in [1.29, 1.82) is 0 Å². The van der Waals surface area contributed by atoms with Crippen LogP contribution in [0.1, 0.15) is 58.8 Å². The molecule has 5 nitrogen and oxygen atoms in total. The van der Waals surface area contributed by atoms with Crippen LogP contribution in [0.15, 0.2) is 48.6 Å². The second-order valence-corrected chi connectivity index (χ2v) is 6.85. The van der Waals surface area contributed by atoms with E-state index in [-0.39, 0.29) is 12.4 Å². The minimum Gasteiger partial charge on any atom is -0.469 e. The van der Waals surface area contributed by atoms with Gasteiger partial charge in [0.05, 0.1) is 24.9 Å². The number of hydrogen-bond donors (Lipinski definition) is 3. The minimum absolute atomic E-state index is 0.230. The molecule has 0 aromatic carbocycles. The summed E-state index contributed by atoms with van der Waals surface area (Å²) < 4.78 is 4.52. The minimum atomic E-state index is -0.977. The van der Waals surface area contributed by atoms with Crippen LogP contribution in [0.5, 0.6) is 0 Å². The van der Waals surface area contributed by atoms with Crippen LogP contribution in [0.3, 0.4) is 0 Å². The maximum absolute atomic E-state index is 11.0. The zero-order chi connectivity index (χ0) is 20.5. The highest BCUT2D eigenvalue weighted by Crippen LogP contribution is 2.16. The summed E-state index contributed by atoms with van der Waals surface area (Å²) in [5.74, 6) is -0.321. The monoisotopic (exact) mass is 380 g/mol. The predicted octanol–water partition coefficient (Wildman–Crippen LogP) is 3.61. The third-order valence-electron chi connectivity index (χ3n) is 4.11. The van der Waals surface area contributed by atoms with E-state index in [2.05, 4.69) is 11.7 Å². The Morgan fingerprint density at radius 2 is 1.67 bits per heavy atom. The second kappa shape index (κ2) is 15.4. The Kier molecular flexibility index (Phi) is 14.4. The van der Waals surface area contributed by atoms with Gasteiger partial charge in [0, 0.05) is 6.42 Å². The van der Waals surface area contributed by atoms with Gasteiger partial charge in [-0.25, -0.2) is 0 Å². The van der Waals surface area contributed by atoms with Crippen LogP contribution >= 0.6 is 0 Å². The van der Waals surface area contributed by atoms with Crippen molar-refractivity contribution in [2.24, 2.45) is 0 Å². The summed E-state index contributed by atoms with van der Waals surface area (Å²) in [6.45, 7) is 3.95. The number of ether oxygens (including phenoxy) is 1. The Balaban J connectivity index is 4.12. The van der Waals surface area contributed by atoms with Gasteiger partial charge < -0.3 is 20.1 Å². The largest absolute Gasteiger partial charge is 0.469 e. The lowest BCUT2D eigenvalue weighted by atomic mass is 9.98. The Labute approximate surface area is 163 Å². The second-order valence-electron chi connectivity index (χ2n) is 6.85. The third kappa shape index (κ3) is 15.1. The van der Waals surface area contributed by atoms with Crippen molar-refractivity contribution in [2.75, 3.05) is 7.11 Å². The fourth-order valence-corrected chi connectivity index (χ4v) is 2.37. The molecule has 0 spiro atoms. The number of esters is 1. The first kappa shape index (κ1) is 25.3. The summed E-state index contributed by atoms with van der Waals surface area (Å²) >= 11 is 0. The molecule has 0 saturated heterocycles. The van der Waals surface area contributed by atoms with Crippen molar-refractivity contribution in [3.63, 3.8) is 0 Å². The van der Waals surface area contributed by atoms with E-state index in [1.54, 1.807) is 24.3 Å². The smallest absolute Gasteiger partial charge is 0.305 e. The summed E-state index contributed by atoms with van der Waals surface area (Å²) in [4.78, 5) is 11.0. The Hall–Kier alpha value is -1.69. The zero-order valence-corrected chi connectivity index (χ0v) is 16.9. The first-order valence-electron chi connectivity index (χ1n) is 9.67. The molecule has 0 fully saturated rings. The van der Waals surface area contributed by atoms with E-state index in [1.807, 2.05) is 25.2 Å².